The fourth-order valence-corrected chi connectivity index (χ4v) is 4.45. The van der Waals surface area contributed by atoms with Crippen LogP contribution in [-0.4, -0.2) is 45.8 Å². The molecule has 9 heteroatoms. The number of amides is 1. The third-order valence-electron chi connectivity index (χ3n) is 5.51. The Bertz CT molecular complexity index is 1190. The Balaban J connectivity index is 1.89. The van der Waals surface area contributed by atoms with Crippen molar-refractivity contribution in [2.45, 2.75) is 19.3 Å². The van der Waals surface area contributed by atoms with E-state index in [1.165, 1.54) is 4.68 Å². The van der Waals surface area contributed by atoms with Crippen molar-refractivity contribution in [1.82, 2.24) is 19.8 Å². The normalized spacial score (nSPS) is 14.2. The summed E-state index contributed by atoms with van der Waals surface area (Å²) in [5, 5.41) is 19.6. The zero-order chi connectivity index (χ0) is 22.8. The number of nitriles is 1. The van der Waals surface area contributed by atoms with Crippen LogP contribution >= 0.6 is 34.8 Å². The van der Waals surface area contributed by atoms with Crippen molar-refractivity contribution >= 4 is 40.7 Å². The molecule has 4 rings (SSSR count). The van der Waals surface area contributed by atoms with Gasteiger partial charge in [0.1, 0.15) is 11.6 Å². The third kappa shape index (κ3) is 4.35. The first-order valence-electron chi connectivity index (χ1n) is 10.2. The minimum atomic E-state index is -0.345. The van der Waals surface area contributed by atoms with Crippen molar-refractivity contribution in [2.24, 2.45) is 0 Å². The molecular weight excluding hydrogens is 469 g/mol. The summed E-state index contributed by atoms with van der Waals surface area (Å²) in [5.41, 5.74) is 1.90. The molecule has 0 unspecified atom stereocenters. The Morgan fingerprint density at radius 1 is 1.03 bits per heavy atom. The van der Waals surface area contributed by atoms with Crippen LogP contribution in [0.2, 0.25) is 15.1 Å². The van der Waals surface area contributed by atoms with E-state index in [0.29, 0.717) is 32.0 Å². The maximum absolute atomic E-state index is 13.4. The van der Waals surface area contributed by atoms with Gasteiger partial charge < -0.3 is 0 Å². The molecule has 2 aromatic carbocycles. The van der Waals surface area contributed by atoms with Gasteiger partial charge in [-0.2, -0.15) is 10.4 Å². The molecule has 164 valence electrons. The molecule has 6 nitrogen and oxygen atoms in total. The van der Waals surface area contributed by atoms with Gasteiger partial charge in [0, 0.05) is 35.7 Å². The molecule has 0 saturated carbocycles. The highest BCUT2D eigenvalue weighted by molar-refractivity contribution is 6.35. The van der Waals surface area contributed by atoms with Gasteiger partial charge in [-0.05, 0) is 43.2 Å². The highest BCUT2D eigenvalue weighted by Crippen LogP contribution is 2.33. The fourth-order valence-electron chi connectivity index (χ4n) is 3.83. The number of benzene rings is 2. The standard InChI is InChI=1S/C23H20Cl3N5O/c1-29(30-11-3-2-4-12-30)23(32)21-18(14-27)22(15-5-7-16(24)8-6-15)31(28-21)20-10-9-17(25)13-19(20)26/h5-10,13H,2-4,11-12H2,1H3. The molecule has 0 N–H and O–H groups in total. The molecule has 1 aromatic heterocycles. The predicted octanol–water partition coefficient (Wildman–Crippen LogP) is 5.84. The molecule has 1 amide bonds. The van der Waals surface area contributed by atoms with Crippen LogP contribution in [0.15, 0.2) is 42.5 Å². The molecule has 1 aliphatic rings. The first-order chi connectivity index (χ1) is 15.4. The van der Waals surface area contributed by atoms with E-state index in [-0.39, 0.29) is 17.2 Å². The number of carbonyl (C=O) groups excluding carboxylic acids is 1. The van der Waals surface area contributed by atoms with Crippen LogP contribution in [-0.2, 0) is 0 Å². The van der Waals surface area contributed by atoms with Crippen LogP contribution in [0.25, 0.3) is 16.9 Å². The first kappa shape index (κ1) is 22.6. The van der Waals surface area contributed by atoms with Gasteiger partial charge in [0.05, 0.1) is 16.4 Å². The van der Waals surface area contributed by atoms with Gasteiger partial charge in [-0.25, -0.2) is 9.69 Å². The fraction of sp³-hybridized carbons (Fsp3) is 0.261. The molecular formula is C23H20Cl3N5O. The topological polar surface area (TPSA) is 65.2 Å². The number of piperidine rings is 1. The van der Waals surface area contributed by atoms with Gasteiger partial charge in [0.15, 0.2) is 5.69 Å². The summed E-state index contributed by atoms with van der Waals surface area (Å²) in [4.78, 5) is 13.4. The highest BCUT2D eigenvalue weighted by atomic mass is 35.5. The average molecular weight is 489 g/mol. The average Bonchev–Trinajstić information content (AvgIpc) is 3.18. The van der Waals surface area contributed by atoms with Crippen LogP contribution in [0.5, 0.6) is 0 Å². The Morgan fingerprint density at radius 2 is 1.69 bits per heavy atom. The number of hydrogen-bond donors (Lipinski definition) is 0. The molecule has 2 heterocycles. The van der Waals surface area contributed by atoms with Gasteiger partial charge in [0.25, 0.3) is 5.91 Å². The number of aromatic nitrogens is 2. The Morgan fingerprint density at radius 3 is 2.31 bits per heavy atom. The molecule has 0 bridgehead atoms. The second-order valence-electron chi connectivity index (χ2n) is 7.54. The van der Waals surface area contributed by atoms with Gasteiger partial charge in [-0.3, -0.25) is 9.80 Å². The number of hydrogen-bond acceptors (Lipinski definition) is 4. The maximum atomic E-state index is 13.4. The Kier molecular flexibility index (Phi) is 6.73. The number of halogens is 3. The summed E-state index contributed by atoms with van der Waals surface area (Å²) in [5.74, 6) is -0.345. The van der Waals surface area contributed by atoms with Crippen LogP contribution in [0.1, 0.15) is 35.3 Å². The van der Waals surface area contributed by atoms with Gasteiger partial charge in [0.2, 0.25) is 0 Å². The quantitative estimate of drug-likeness (QED) is 0.462. The Labute approximate surface area is 201 Å². The molecule has 0 aliphatic carbocycles. The van der Waals surface area contributed by atoms with Crippen molar-refractivity contribution in [3.8, 4) is 23.0 Å². The molecule has 1 saturated heterocycles. The summed E-state index contributed by atoms with van der Waals surface area (Å²) in [6.45, 7) is 1.58. The zero-order valence-electron chi connectivity index (χ0n) is 17.4. The summed E-state index contributed by atoms with van der Waals surface area (Å²) >= 11 is 18.6. The zero-order valence-corrected chi connectivity index (χ0v) is 19.6. The van der Waals surface area contributed by atoms with E-state index < -0.39 is 0 Å². The van der Waals surface area contributed by atoms with E-state index in [1.807, 2.05) is 5.01 Å². The van der Waals surface area contributed by atoms with E-state index in [4.69, 9.17) is 34.8 Å². The molecule has 0 spiro atoms. The Hall–Kier alpha value is -2.56. The number of hydrazine groups is 1. The van der Waals surface area contributed by atoms with E-state index in [2.05, 4.69) is 11.2 Å². The van der Waals surface area contributed by atoms with Gasteiger partial charge in [-0.15, -0.1) is 0 Å². The van der Waals surface area contributed by atoms with Crippen LogP contribution in [0, 0.1) is 11.3 Å². The molecule has 32 heavy (non-hydrogen) atoms. The lowest BCUT2D eigenvalue weighted by atomic mass is 10.1. The number of nitrogens with zero attached hydrogens (tertiary/aromatic N) is 5. The minimum absolute atomic E-state index is 0.0662. The number of carbonyl (C=O) groups is 1. The SMILES string of the molecule is CN(C(=O)c1nn(-c2ccc(Cl)cc2Cl)c(-c2ccc(Cl)cc2)c1C#N)N1CCCCC1. The molecule has 0 atom stereocenters. The summed E-state index contributed by atoms with van der Waals surface area (Å²) < 4.78 is 1.53. The molecule has 0 radical (unpaired) electrons. The van der Waals surface area contributed by atoms with Crippen molar-refractivity contribution in [3.05, 3.63) is 68.8 Å². The van der Waals surface area contributed by atoms with Crippen molar-refractivity contribution < 1.29 is 4.79 Å². The largest absolute Gasteiger partial charge is 0.289 e. The monoisotopic (exact) mass is 487 g/mol. The lowest BCUT2D eigenvalue weighted by molar-refractivity contribution is -0.00550. The van der Waals surface area contributed by atoms with Crippen molar-refractivity contribution in [2.75, 3.05) is 20.1 Å². The second kappa shape index (κ2) is 9.51. The molecule has 1 fully saturated rings. The lowest BCUT2D eigenvalue weighted by Gasteiger charge is -2.34. The van der Waals surface area contributed by atoms with Crippen molar-refractivity contribution in [3.63, 3.8) is 0 Å². The van der Waals surface area contributed by atoms with Crippen LogP contribution < -0.4 is 0 Å². The lowest BCUT2D eigenvalue weighted by Crippen LogP contribution is -2.46. The first-order valence-corrected chi connectivity index (χ1v) is 11.3. The maximum Gasteiger partial charge on any atom is 0.289 e. The van der Waals surface area contributed by atoms with Crippen molar-refractivity contribution in [1.29, 1.82) is 5.26 Å². The smallest absolute Gasteiger partial charge is 0.273 e. The number of rotatable bonds is 4. The van der Waals surface area contributed by atoms with Crippen LogP contribution in [0.3, 0.4) is 0 Å². The van der Waals surface area contributed by atoms with Gasteiger partial charge >= 0.3 is 0 Å². The second-order valence-corrected chi connectivity index (χ2v) is 8.82. The van der Waals surface area contributed by atoms with E-state index in [0.717, 1.165) is 32.4 Å². The van der Waals surface area contributed by atoms with Gasteiger partial charge in [-0.1, -0.05) is 53.4 Å². The third-order valence-corrected chi connectivity index (χ3v) is 6.30. The molecule has 1 aliphatic heterocycles. The molecule has 3 aromatic rings. The predicted molar refractivity (Wildman–Crippen MR) is 126 cm³/mol. The van der Waals surface area contributed by atoms with E-state index >= 15 is 0 Å². The van der Waals surface area contributed by atoms with Crippen LogP contribution in [0.4, 0.5) is 0 Å². The van der Waals surface area contributed by atoms with E-state index in [1.54, 1.807) is 54.5 Å². The highest BCUT2D eigenvalue weighted by Gasteiger charge is 2.30. The van der Waals surface area contributed by atoms with E-state index in [9.17, 15) is 10.1 Å². The summed E-state index contributed by atoms with van der Waals surface area (Å²) in [6, 6.07) is 14.2. The summed E-state index contributed by atoms with van der Waals surface area (Å²) in [6.07, 6.45) is 3.19. The minimum Gasteiger partial charge on any atom is -0.273 e. The summed E-state index contributed by atoms with van der Waals surface area (Å²) in [7, 11) is 1.71.